The molecule has 2 heterocycles. The summed E-state index contributed by atoms with van der Waals surface area (Å²) in [5.41, 5.74) is 1.99. The molecule has 0 amide bonds. The third-order valence-corrected chi connectivity index (χ3v) is 5.77. The van der Waals surface area contributed by atoms with Crippen molar-refractivity contribution in [3.63, 3.8) is 0 Å². The first-order valence-electron chi connectivity index (χ1n) is 8.74. The average molecular weight is 419 g/mol. The number of benzene rings is 1. The molecular formula is C20H22N2O4S2. The van der Waals surface area contributed by atoms with Crippen molar-refractivity contribution in [3.8, 4) is 5.75 Å². The first-order chi connectivity index (χ1) is 13.3. The number of thiophene rings is 1. The Balaban J connectivity index is 1.69. The fourth-order valence-corrected chi connectivity index (χ4v) is 4.09. The van der Waals surface area contributed by atoms with Gasteiger partial charge in [-0.2, -0.15) is 0 Å². The second-order valence-corrected chi connectivity index (χ2v) is 9.25. The van der Waals surface area contributed by atoms with E-state index in [4.69, 9.17) is 4.74 Å². The van der Waals surface area contributed by atoms with E-state index in [1.165, 1.54) is 10.9 Å². The minimum atomic E-state index is -3.36. The van der Waals surface area contributed by atoms with Gasteiger partial charge in [0.15, 0.2) is 0 Å². The lowest BCUT2D eigenvalue weighted by Crippen LogP contribution is -2.20. The van der Waals surface area contributed by atoms with Gasteiger partial charge in [0.1, 0.15) is 5.75 Å². The summed E-state index contributed by atoms with van der Waals surface area (Å²) in [5.74, 6) is 0.544. The van der Waals surface area contributed by atoms with E-state index >= 15 is 0 Å². The fraction of sp³-hybridized carbons (Fsp3) is 0.250. The van der Waals surface area contributed by atoms with E-state index in [0.29, 0.717) is 24.6 Å². The normalized spacial score (nSPS) is 11.4. The average Bonchev–Trinajstić information content (AvgIpc) is 3.13. The van der Waals surface area contributed by atoms with Crippen LogP contribution in [0, 0.1) is 6.92 Å². The van der Waals surface area contributed by atoms with Crippen molar-refractivity contribution in [1.29, 1.82) is 0 Å². The second-order valence-electron chi connectivity index (χ2n) is 6.47. The van der Waals surface area contributed by atoms with Gasteiger partial charge in [0.25, 0.3) is 5.56 Å². The standard InChI is InChI=1S/C20H22N2O4S2/c1-15-16(5-3-7-19(15)21-28(2,24)25)14-22-10-8-17(13-20(22)23)26-11-9-18-6-4-12-27-18/h3-8,10,12-13,21H,9,11,14H2,1-2H3. The summed E-state index contributed by atoms with van der Waals surface area (Å²) in [4.78, 5) is 13.7. The molecule has 0 unspecified atom stereocenters. The molecule has 0 atom stereocenters. The van der Waals surface area contributed by atoms with E-state index in [2.05, 4.69) is 10.8 Å². The Hall–Kier alpha value is -2.58. The van der Waals surface area contributed by atoms with Crippen molar-refractivity contribution in [3.05, 3.63) is 80.4 Å². The van der Waals surface area contributed by atoms with Crippen LogP contribution in [0.15, 0.2) is 58.8 Å². The van der Waals surface area contributed by atoms with E-state index in [1.54, 1.807) is 40.3 Å². The van der Waals surface area contributed by atoms with Crippen LogP contribution in [0.5, 0.6) is 5.75 Å². The first kappa shape index (κ1) is 20.2. The summed E-state index contributed by atoms with van der Waals surface area (Å²) in [6.45, 7) is 2.69. The number of hydrogen-bond acceptors (Lipinski definition) is 5. The first-order valence-corrected chi connectivity index (χ1v) is 11.5. The highest BCUT2D eigenvalue weighted by molar-refractivity contribution is 7.92. The lowest BCUT2D eigenvalue weighted by Gasteiger charge is -2.14. The fourth-order valence-electron chi connectivity index (χ4n) is 2.78. The minimum Gasteiger partial charge on any atom is -0.493 e. The number of nitrogens with one attached hydrogen (secondary N) is 1. The molecule has 0 saturated heterocycles. The maximum absolute atomic E-state index is 12.4. The molecule has 1 aromatic carbocycles. The third-order valence-electron chi connectivity index (χ3n) is 4.25. The van der Waals surface area contributed by atoms with Crippen LogP contribution in [0.1, 0.15) is 16.0 Å². The summed E-state index contributed by atoms with van der Waals surface area (Å²) < 4.78 is 32.7. The zero-order chi connectivity index (χ0) is 20.1. The molecular weight excluding hydrogens is 396 g/mol. The SMILES string of the molecule is Cc1c(Cn2ccc(OCCc3cccs3)cc2=O)cccc1NS(C)(=O)=O. The van der Waals surface area contributed by atoms with Crippen molar-refractivity contribution < 1.29 is 13.2 Å². The van der Waals surface area contributed by atoms with E-state index in [0.717, 1.165) is 23.8 Å². The molecule has 0 fully saturated rings. The Bertz CT molecular complexity index is 1100. The van der Waals surface area contributed by atoms with Gasteiger partial charge < -0.3 is 9.30 Å². The van der Waals surface area contributed by atoms with Crippen LogP contribution in [0.3, 0.4) is 0 Å². The number of anilines is 1. The highest BCUT2D eigenvalue weighted by Gasteiger charge is 2.09. The van der Waals surface area contributed by atoms with Gasteiger partial charge in [-0.1, -0.05) is 18.2 Å². The van der Waals surface area contributed by atoms with Crippen molar-refractivity contribution in [2.45, 2.75) is 19.9 Å². The number of hydrogen-bond donors (Lipinski definition) is 1. The molecule has 3 rings (SSSR count). The highest BCUT2D eigenvalue weighted by Crippen LogP contribution is 2.20. The number of sulfonamides is 1. The van der Waals surface area contributed by atoms with Crippen LogP contribution < -0.4 is 15.0 Å². The maximum Gasteiger partial charge on any atom is 0.254 e. The van der Waals surface area contributed by atoms with Gasteiger partial charge in [0.2, 0.25) is 10.0 Å². The van der Waals surface area contributed by atoms with E-state index < -0.39 is 10.0 Å². The summed E-state index contributed by atoms with van der Waals surface area (Å²) >= 11 is 1.68. The smallest absolute Gasteiger partial charge is 0.254 e. The third kappa shape index (κ3) is 5.46. The molecule has 28 heavy (non-hydrogen) atoms. The lowest BCUT2D eigenvalue weighted by atomic mass is 10.1. The lowest BCUT2D eigenvalue weighted by molar-refractivity contribution is 0.321. The molecule has 0 aliphatic heterocycles. The van der Waals surface area contributed by atoms with Crippen LogP contribution in [0.2, 0.25) is 0 Å². The van der Waals surface area contributed by atoms with E-state index in [-0.39, 0.29) is 5.56 Å². The molecule has 8 heteroatoms. The van der Waals surface area contributed by atoms with Gasteiger partial charge in [-0.25, -0.2) is 8.42 Å². The van der Waals surface area contributed by atoms with Gasteiger partial charge in [-0.05, 0) is 41.6 Å². The number of nitrogens with zero attached hydrogens (tertiary/aromatic N) is 1. The second kappa shape index (κ2) is 8.62. The van der Waals surface area contributed by atoms with Crippen molar-refractivity contribution in [2.24, 2.45) is 0 Å². The van der Waals surface area contributed by atoms with Gasteiger partial charge in [-0.15, -0.1) is 11.3 Å². The van der Waals surface area contributed by atoms with Crippen LogP contribution in [-0.4, -0.2) is 25.8 Å². The molecule has 3 aromatic rings. The summed E-state index contributed by atoms with van der Waals surface area (Å²) in [6, 6.07) is 12.6. The highest BCUT2D eigenvalue weighted by atomic mass is 32.2. The molecule has 0 radical (unpaired) electrons. The van der Waals surface area contributed by atoms with Crippen molar-refractivity contribution >= 4 is 27.0 Å². The Labute approximate surface area is 168 Å². The predicted octanol–water partition coefficient (Wildman–Crippen LogP) is 3.26. The zero-order valence-corrected chi connectivity index (χ0v) is 17.3. The van der Waals surface area contributed by atoms with Gasteiger partial charge in [0, 0.05) is 23.6 Å². The summed E-state index contributed by atoms with van der Waals surface area (Å²) in [5, 5.41) is 2.03. The molecule has 0 saturated carbocycles. The van der Waals surface area contributed by atoms with Gasteiger partial charge in [-0.3, -0.25) is 9.52 Å². The molecule has 0 aliphatic carbocycles. The monoisotopic (exact) mass is 418 g/mol. The number of rotatable bonds is 8. The summed E-state index contributed by atoms with van der Waals surface area (Å²) in [7, 11) is -3.36. The van der Waals surface area contributed by atoms with E-state index in [9.17, 15) is 13.2 Å². The van der Waals surface area contributed by atoms with Gasteiger partial charge in [0.05, 0.1) is 25.1 Å². The quantitative estimate of drug-likeness (QED) is 0.609. The Morgan fingerprint density at radius 3 is 2.68 bits per heavy atom. The molecule has 0 aliphatic rings. The molecule has 0 bridgehead atoms. The van der Waals surface area contributed by atoms with Crippen LogP contribution >= 0.6 is 11.3 Å². The Kier molecular flexibility index (Phi) is 6.21. The Morgan fingerprint density at radius 1 is 1.18 bits per heavy atom. The topological polar surface area (TPSA) is 77.4 Å². The molecule has 148 valence electrons. The number of ether oxygens (including phenoxy) is 1. The van der Waals surface area contributed by atoms with E-state index in [1.807, 2.05) is 24.4 Å². The Morgan fingerprint density at radius 2 is 2.00 bits per heavy atom. The minimum absolute atomic E-state index is 0.172. The van der Waals surface area contributed by atoms with Crippen LogP contribution in [-0.2, 0) is 23.0 Å². The van der Waals surface area contributed by atoms with Crippen molar-refractivity contribution in [2.75, 3.05) is 17.6 Å². The summed E-state index contributed by atoms with van der Waals surface area (Å²) in [6.07, 6.45) is 3.61. The molecule has 6 nitrogen and oxygen atoms in total. The largest absolute Gasteiger partial charge is 0.493 e. The van der Waals surface area contributed by atoms with Gasteiger partial charge >= 0.3 is 0 Å². The van der Waals surface area contributed by atoms with Crippen LogP contribution in [0.25, 0.3) is 0 Å². The number of pyridine rings is 1. The predicted molar refractivity (Wildman–Crippen MR) is 113 cm³/mol. The molecule has 2 aromatic heterocycles. The number of aromatic nitrogens is 1. The van der Waals surface area contributed by atoms with Crippen LogP contribution in [0.4, 0.5) is 5.69 Å². The maximum atomic E-state index is 12.4. The molecule has 1 N–H and O–H groups in total. The molecule has 0 spiro atoms. The van der Waals surface area contributed by atoms with Crippen molar-refractivity contribution in [1.82, 2.24) is 4.57 Å². The zero-order valence-electron chi connectivity index (χ0n) is 15.7.